The number of benzene rings is 2. The first-order valence-electron chi connectivity index (χ1n) is 10.9. The second kappa shape index (κ2) is 8.70. The van der Waals surface area contributed by atoms with Gasteiger partial charge in [-0.1, -0.05) is 53.9 Å². The maximum absolute atomic E-state index is 12.9. The van der Waals surface area contributed by atoms with Gasteiger partial charge in [0, 0.05) is 5.69 Å². The van der Waals surface area contributed by atoms with Crippen molar-refractivity contribution in [3.8, 4) is 0 Å². The zero-order chi connectivity index (χ0) is 21.1. The lowest BCUT2D eigenvalue weighted by Crippen LogP contribution is -2.55. The lowest BCUT2D eigenvalue weighted by atomic mass is 9.88. The maximum Gasteiger partial charge on any atom is 0.241 e. The Morgan fingerprint density at radius 2 is 1.73 bits per heavy atom. The van der Waals surface area contributed by atoms with Gasteiger partial charge in [-0.3, -0.25) is 14.6 Å². The first-order valence-corrected chi connectivity index (χ1v) is 10.9. The number of nitrogens with one attached hydrogen (secondary N) is 1. The Hall–Kier alpha value is -2.50. The highest BCUT2D eigenvalue weighted by molar-refractivity contribution is 6.02. The zero-order valence-electron chi connectivity index (χ0n) is 18.2. The van der Waals surface area contributed by atoms with Gasteiger partial charge >= 0.3 is 0 Å². The van der Waals surface area contributed by atoms with Gasteiger partial charge in [0.2, 0.25) is 5.91 Å². The number of carbonyl (C=O) groups excluding carboxylic acids is 1. The number of hydroxylamine groups is 2. The Labute approximate surface area is 179 Å². The molecule has 2 aromatic rings. The van der Waals surface area contributed by atoms with E-state index in [1.54, 1.807) is 0 Å². The van der Waals surface area contributed by atoms with E-state index in [4.69, 9.17) is 9.83 Å². The Balaban J connectivity index is 1.53. The summed E-state index contributed by atoms with van der Waals surface area (Å²) in [5.41, 5.74) is 5.96. The van der Waals surface area contributed by atoms with Gasteiger partial charge in [0.1, 0.15) is 18.8 Å². The molecular weight excluding hydrogens is 374 g/mol. The minimum Gasteiger partial charge on any atom is -0.325 e. The van der Waals surface area contributed by atoms with Crippen molar-refractivity contribution in [3.05, 3.63) is 64.7 Å². The van der Waals surface area contributed by atoms with Crippen LogP contribution in [0.2, 0.25) is 0 Å². The SMILES string of the molecule is Cc1ccc(C2=NC3(CCCCC3)N(CC(=O)Nc3ccc(C)cc3C)OC2)cc1. The van der Waals surface area contributed by atoms with Gasteiger partial charge in [-0.25, -0.2) is 0 Å². The molecule has 5 nitrogen and oxygen atoms in total. The van der Waals surface area contributed by atoms with Crippen LogP contribution in [0, 0.1) is 20.8 Å². The molecule has 0 aromatic heterocycles. The highest BCUT2D eigenvalue weighted by Crippen LogP contribution is 2.38. The molecule has 0 bridgehead atoms. The van der Waals surface area contributed by atoms with Gasteiger partial charge in [-0.05, 0) is 63.6 Å². The number of hydrogen-bond acceptors (Lipinski definition) is 4. The molecule has 0 unspecified atom stereocenters. The third-order valence-electron chi connectivity index (χ3n) is 6.15. The molecule has 1 aliphatic carbocycles. The van der Waals surface area contributed by atoms with Crippen LogP contribution in [0.25, 0.3) is 0 Å². The van der Waals surface area contributed by atoms with Crippen LogP contribution in [0.4, 0.5) is 5.69 Å². The second-order valence-corrected chi connectivity index (χ2v) is 8.64. The maximum atomic E-state index is 12.9. The molecule has 1 saturated carbocycles. The molecule has 1 heterocycles. The van der Waals surface area contributed by atoms with Crippen LogP contribution in [-0.4, -0.2) is 35.5 Å². The van der Waals surface area contributed by atoms with Gasteiger partial charge in [0.15, 0.2) is 0 Å². The first kappa shape index (κ1) is 20.8. The van der Waals surface area contributed by atoms with Crippen molar-refractivity contribution in [2.75, 3.05) is 18.5 Å². The van der Waals surface area contributed by atoms with Crippen molar-refractivity contribution >= 4 is 17.3 Å². The number of carbonyl (C=O) groups is 1. The number of rotatable bonds is 4. The van der Waals surface area contributed by atoms with Gasteiger partial charge in [0.25, 0.3) is 0 Å². The number of amides is 1. The van der Waals surface area contributed by atoms with Gasteiger partial charge < -0.3 is 5.32 Å². The highest BCUT2D eigenvalue weighted by atomic mass is 16.7. The monoisotopic (exact) mass is 405 g/mol. The van der Waals surface area contributed by atoms with E-state index >= 15 is 0 Å². The third kappa shape index (κ3) is 4.47. The molecule has 2 aliphatic rings. The van der Waals surface area contributed by atoms with Crippen LogP contribution in [0.3, 0.4) is 0 Å². The van der Waals surface area contributed by atoms with Crippen molar-refractivity contribution in [2.24, 2.45) is 4.99 Å². The van der Waals surface area contributed by atoms with Crippen LogP contribution in [0.1, 0.15) is 54.4 Å². The minimum atomic E-state index is -0.448. The first-order chi connectivity index (χ1) is 14.4. The molecule has 4 rings (SSSR count). The fourth-order valence-electron chi connectivity index (χ4n) is 4.44. The summed E-state index contributed by atoms with van der Waals surface area (Å²) in [6.07, 6.45) is 5.24. The summed E-state index contributed by atoms with van der Waals surface area (Å²) in [7, 11) is 0. The second-order valence-electron chi connectivity index (χ2n) is 8.64. The summed E-state index contributed by atoms with van der Waals surface area (Å²) in [5.74, 6) is -0.0686. The van der Waals surface area contributed by atoms with Crippen LogP contribution in [0.15, 0.2) is 47.5 Å². The van der Waals surface area contributed by atoms with E-state index in [-0.39, 0.29) is 12.5 Å². The summed E-state index contributed by atoms with van der Waals surface area (Å²) in [5, 5.41) is 4.88. The van der Waals surface area contributed by atoms with Crippen LogP contribution >= 0.6 is 0 Å². The largest absolute Gasteiger partial charge is 0.325 e. The smallest absolute Gasteiger partial charge is 0.241 e. The van der Waals surface area contributed by atoms with Crippen molar-refractivity contribution in [1.29, 1.82) is 0 Å². The minimum absolute atomic E-state index is 0.0686. The summed E-state index contributed by atoms with van der Waals surface area (Å²) in [6, 6.07) is 14.5. The molecule has 0 atom stereocenters. The lowest BCUT2D eigenvalue weighted by molar-refractivity contribution is -0.224. The highest BCUT2D eigenvalue weighted by Gasteiger charge is 2.42. The van der Waals surface area contributed by atoms with Crippen molar-refractivity contribution < 1.29 is 9.63 Å². The van der Waals surface area contributed by atoms with Gasteiger partial charge in [-0.2, -0.15) is 5.06 Å². The average Bonchev–Trinajstić information content (AvgIpc) is 2.73. The van der Waals surface area contributed by atoms with E-state index in [1.165, 1.54) is 17.5 Å². The molecule has 2 aromatic carbocycles. The van der Waals surface area contributed by atoms with Crippen LogP contribution in [0.5, 0.6) is 0 Å². The topological polar surface area (TPSA) is 53.9 Å². The molecule has 1 amide bonds. The molecule has 0 saturated heterocycles. The molecule has 5 heteroatoms. The van der Waals surface area contributed by atoms with Gasteiger partial charge in [-0.15, -0.1) is 0 Å². The Kier molecular flexibility index (Phi) is 6.02. The van der Waals surface area contributed by atoms with E-state index in [9.17, 15) is 4.79 Å². The predicted octanol–water partition coefficient (Wildman–Crippen LogP) is 4.95. The zero-order valence-corrected chi connectivity index (χ0v) is 18.2. The Morgan fingerprint density at radius 1 is 1.03 bits per heavy atom. The fourth-order valence-corrected chi connectivity index (χ4v) is 4.44. The predicted molar refractivity (Wildman–Crippen MR) is 121 cm³/mol. The van der Waals surface area contributed by atoms with Crippen molar-refractivity contribution in [3.63, 3.8) is 0 Å². The molecule has 30 heavy (non-hydrogen) atoms. The molecule has 1 aliphatic heterocycles. The van der Waals surface area contributed by atoms with Crippen molar-refractivity contribution in [1.82, 2.24) is 5.06 Å². The van der Waals surface area contributed by atoms with E-state index in [0.717, 1.165) is 48.2 Å². The molecule has 158 valence electrons. The molecule has 1 N–H and O–H groups in total. The Morgan fingerprint density at radius 3 is 2.43 bits per heavy atom. The number of aryl methyl sites for hydroxylation is 3. The lowest BCUT2D eigenvalue weighted by Gasteiger charge is -2.45. The standard InChI is InChI=1S/C25H31N3O2/c1-18-7-10-21(11-8-18)23-17-30-28(25(27-23)13-5-4-6-14-25)16-24(29)26-22-12-9-19(2)15-20(22)3/h7-12,15H,4-6,13-14,16-17H2,1-3H3,(H,26,29). The molecule has 0 radical (unpaired) electrons. The molecular formula is C25H31N3O2. The quantitative estimate of drug-likeness (QED) is 0.783. The summed E-state index contributed by atoms with van der Waals surface area (Å²) in [6.45, 7) is 6.72. The average molecular weight is 406 g/mol. The summed E-state index contributed by atoms with van der Waals surface area (Å²) >= 11 is 0. The van der Waals surface area contributed by atoms with E-state index < -0.39 is 5.66 Å². The Bertz CT molecular complexity index is 943. The molecule has 1 fully saturated rings. The van der Waals surface area contributed by atoms with Gasteiger partial charge in [0.05, 0.1) is 5.71 Å². The number of hydrogen-bond donors (Lipinski definition) is 1. The van der Waals surface area contributed by atoms with Crippen molar-refractivity contribution in [2.45, 2.75) is 58.5 Å². The molecule has 1 spiro atoms. The summed E-state index contributed by atoms with van der Waals surface area (Å²) < 4.78 is 0. The number of nitrogens with zero attached hydrogens (tertiary/aromatic N) is 2. The van der Waals surface area contributed by atoms with E-state index in [0.29, 0.717) is 6.61 Å². The fraction of sp³-hybridized carbons (Fsp3) is 0.440. The van der Waals surface area contributed by atoms with Crippen LogP contribution in [-0.2, 0) is 9.63 Å². The number of aliphatic imine (C=N–C) groups is 1. The van der Waals surface area contributed by atoms with Crippen LogP contribution < -0.4 is 5.32 Å². The summed E-state index contributed by atoms with van der Waals surface area (Å²) in [4.78, 5) is 24.2. The van der Waals surface area contributed by atoms with E-state index in [2.05, 4.69) is 49.5 Å². The van der Waals surface area contributed by atoms with E-state index in [1.807, 2.05) is 24.1 Å². The number of anilines is 1. The third-order valence-corrected chi connectivity index (χ3v) is 6.15. The normalized spacial score (nSPS) is 18.8.